The molecule has 0 saturated carbocycles. The average molecular weight is 470 g/mol. The second kappa shape index (κ2) is 9.89. The number of nitrogens with zero attached hydrogens (tertiary/aromatic N) is 1. The van der Waals surface area contributed by atoms with Gasteiger partial charge in [0.1, 0.15) is 0 Å². The van der Waals surface area contributed by atoms with Gasteiger partial charge >= 0.3 is 0 Å². The highest BCUT2D eigenvalue weighted by Crippen LogP contribution is 2.32. The molecule has 24 heavy (non-hydrogen) atoms. The van der Waals surface area contributed by atoms with Crippen molar-refractivity contribution in [1.82, 2.24) is 10.6 Å². The van der Waals surface area contributed by atoms with Crippen LogP contribution in [0.1, 0.15) is 12.5 Å². The number of primary sulfonamides is 1. The first-order valence-electron chi connectivity index (χ1n) is 7.39. The third-order valence-corrected chi connectivity index (χ3v) is 3.88. The summed E-state index contributed by atoms with van der Waals surface area (Å²) in [6, 6.07) is 5.83. The van der Waals surface area contributed by atoms with Crippen molar-refractivity contribution < 1.29 is 17.9 Å². The summed E-state index contributed by atoms with van der Waals surface area (Å²) in [5.74, 6) is 1.92. The Morgan fingerprint density at radius 1 is 1.29 bits per heavy atom. The van der Waals surface area contributed by atoms with Crippen molar-refractivity contribution in [3.63, 3.8) is 0 Å². The number of benzene rings is 1. The molecular weight excluding hydrogens is 447 g/mol. The van der Waals surface area contributed by atoms with Gasteiger partial charge in [0.2, 0.25) is 16.8 Å². The molecule has 10 heteroatoms. The van der Waals surface area contributed by atoms with E-state index in [0.29, 0.717) is 19.0 Å². The largest absolute Gasteiger partial charge is 0.454 e. The van der Waals surface area contributed by atoms with E-state index in [1.54, 1.807) is 0 Å². The number of hydrogen-bond donors (Lipinski definition) is 3. The lowest BCUT2D eigenvalue weighted by Crippen LogP contribution is -2.38. The molecule has 0 aromatic heterocycles. The van der Waals surface area contributed by atoms with Gasteiger partial charge in [0.05, 0.1) is 12.3 Å². The van der Waals surface area contributed by atoms with Crippen molar-refractivity contribution >= 4 is 40.0 Å². The molecule has 1 aliphatic rings. The minimum Gasteiger partial charge on any atom is -0.454 e. The van der Waals surface area contributed by atoms with Crippen LogP contribution in [0, 0.1) is 0 Å². The Morgan fingerprint density at radius 2 is 2.04 bits per heavy atom. The average Bonchev–Trinajstić information content (AvgIpc) is 2.93. The number of sulfonamides is 1. The van der Waals surface area contributed by atoms with Crippen LogP contribution in [0.3, 0.4) is 0 Å². The van der Waals surface area contributed by atoms with E-state index in [1.807, 2.05) is 25.1 Å². The second-order valence-corrected chi connectivity index (χ2v) is 6.73. The van der Waals surface area contributed by atoms with Gasteiger partial charge in [0.15, 0.2) is 17.5 Å². The topological polar surface area (TPSA) is 115 Å². The third kappa shape index (κ3) is 7.09. The van der Waals surface area contributed by atoms with Gasteiger partial charge in [0.25, 0.3) is 0 Å². The van der Waals surface area contributed by atoms with Gasteiger partial charge in [-0.05, 0) is 31.0 Å². The monoisotopic (exact) mass is 470 g/mol. The van der Waals surface area contributed by atoms with Crippen molar-refractivity contribution in [2.75, 3.05) is 32.2 Å². The predicted molar refractivity (Wildman–Crippen MR) is 104 cm³/mol. The van der Waals surface area contributed by atoms with Crippen LogP contribution in [-0.2, 0) is 16.4 Å². The molecule has 2 rings (SSSR count). The zero-order chi connectivity index (χ0) is 16.7. The molecule has 8 nitrogen and oxygen atoms in total. The summed E-state index contributed by atoms with van der Waals surface area (Å²) < 4.78 is 32.4. The molecule has 0 atom stereocenters. The number of nitrogens with one attached hydrogen (secondary N) is 2. The molecule has 1 aromatic carbocycles. The highest BCUT2D eigenvalue weighted by molar-refractivity contribution is 14.0. The Balaban J connectivity index is 0.00000288. The van der Waals surface area contributed by atoms with E-state index in [4.69, 9.17) is 14.6 Å². The van der Waals surface area contributed by atoms with Crippen LogP contribution in [0.15, 0.2) is 23.2 Å². The SMILES string of the molecule is CCNC(=NCCS(N)(=O)=O)NCCc1ccc2c(c1)OCO2.I. The van der Waals surface area contributed by atoms with Crippen molar-refractivity contribution in [3.05, 3.63) is 23.8 Å². The van der Waals surface area contributed by atoms with Gasteiger partial charge in [-0.15, -0.1) is 24.0 Å². The summed E-state index contributed by atoms with van der Waals surface area (Å²) in [6.07, 6.45) is 0.774. The fourth-order valence-electron chi connectivity index (χ4n) is 2.05. The zero-order valence-corrected chi connectivity index (χ0v) is 16.6. The Labute approximate surface area is 159 Å². The fourth-order valence-corrected chi connectivity index (χ4v) is 2.39. The summed E-state index contributed by atoms with van der Waals surface area (Å²) in [7, 11) is -3.49. The molecule has 0 unspecified atom stereocenters. The van der Waals surface area contributed by atoms with Gasteiger partial charge in [-0.2, -0.15) is 0 Å². The number of nitrogens with two attached hydrogens (primary N) is 1. The Kier molecular flexibility index (Phi) is 8.56. The first-order valence-corrected chi connectivity index (χ1v) is 9.10. The summed E-state index contributed by atoms with van der Waals surface area (Å²) >= 11 is 0. The second-order valence-electron chi connectivity index (χ2n) is 4.99. The van der Waals surface area contributed by atoms with Crippen LogP contribution < -0.4 is 25.2 Å². The number of aliphatic imine (C=N–C) groups is 1. The minimum absolute atomic E-state index is 0. The summed E-state index contributed by atoms with van der Waals surface area (Å²) in [6.45, 7) is 3.66. The highest BCUT2D eigenvalue weighted by atomic mass is 127. The van der Waals surface area contributed by atoms with E-state index < -0.39 is 10.0 Å². The van der Waals surface area contributed by atoms with Crippen LogP contribution in [0.5, 0.6) is 11.5 Å². The van der Waals surface area contributed by atoms with E-state index in [-0.39, 0.29) is 43.1 Å². The lowest BCUT2D eigenvalue weighted by Gasteiger charge is -2.11. The lowest BCUT2D eigenvalue weighted by atomic mass is 10.1. The zero-order valence-electron chi connectivity index (χ0n) is 13.4. The quantitative estimate of drug-likeness (QED) is 0.302. The molecule has 136 valence electrons. The smallest absolute Gasteiger partial charge is 0.231 e. The molecule has 0 fully saturated rings. The molecule has 4 N–H and O–H groups in total. The van der Waals surface area contributed by atoms with Crippen LogP contribution >= 0.6 is 24.0 Å². The van der Waals surface area contributed by atoms with Crippen molar-refractivity contribution in [2.24, 2.45) is 10.1 Å². The number of guanidine groups is 1. The van der Waals surface area contributed by atoms with Crippen LogP contribution in [0.25, 0.3) is 0 Å². The fraction of sp³-hybridized carbons (Fsp3) is 0.500. The van der Waals surface area contributed by atoms with Crippen LogP contribution in [0.2, 0.25) is 0 Å². The molecule has 0 amide bonds. The molecule has 1 aliphatic heterocycles. The summed E-state index contributed by atoms with van der Waals surface area (Å²) in [5, 5.41) is 11.2. The first-order chi connectivity index (χ1) is 11.0. The Morgan fingerprint density at radius 3 is 2.75 bits per heavy atom. The van der Waals surface area contributed by atoms with Crippen molar-refractivity contribution in [1.29, 1.82) is 0 Å². The molecule has 0 saturated heterocycles. The molecule has 0 bridgehead atoms. The number of ether oxygens (including phenoxy) is 2. The summed E-state index contributed by atoms with van der Waals surface area (Å²) in [5.41, 5.74) is 1.11. The maximum absolute atomic E-state index is 10.9. The molecule has 1 heterocycles. The van der Waals surface area contributed by atoms with Crippen LogP contribution in [-0.4, -0.2) is 46.6 Å². The Bertz CT molecular complexity index is 667. The normalized spacial score (nSPS) is 13.3. The van der Waals surface area contributed by atoms with Crippen LogP contribution in [0.4, 0.5) is 0 Å². The molecule has 0 spiro atoms. The maximum Gasteiger partial charge on any atom is 0.231 e. The Hall–Kier alpha value is -1.27. The molecule has 0 aliphatic carbocycles. The molecule has 0 radical (unpaired) electrons. The highest BCUT2D eigenvalue weighted by Gasteiger charge is 2.12. The lowest BCUT2D eigenvalue weighted by molar-refractivity contribution is 0.174. The van der Waals surface area contributed by atoms with Gasteiger partial charge in [0, 0.05) is 13.1 Å². The van der Waals surface area contributed by atoms with Gasteiger partial charge in [-0.25, -0.2) is 13.6 Å². The standard InChI is InChI=1S/C14H22N4O4S.HI/c1-2-16-14(18-7-8-23(15,19)20)17-6-5-11-3-4-12-13(9-11)22-10-21-12;/h3-4,9H,2,5-8,10H2,1H3,(H2,15,19,20)(H2,16,17,18);1H. The van der Waals surface area contributed by atoms with Crippen molar-refractivity contribution in [3.8, 4) is 11.5 Å². The van der Waals surface area contributed by atoms with Gasteiger partial charge in [-0.3, -0.25) is 4.99 Å². The van der Waals surface area contributed by atoms with E-state index in [1.165, 1.54) is 0 Å². The maximum atomic E-state index is 10.9. The van der Waals surface area contributed by atoms with E-state index in [9.17, 15) is 8.42 Å². The van der Waals surface area contributed by atoms with Crippen molar-refractivity contribution in [2.45, 2.75) is 13.3 Å². The van der Waals surface area contributed by atoms with E-state index >= 15 is 0 Å². The molecular formula is C14H23IN4O4S. The van der Waals surface area contributed by atoms with Gasteiger partial charge < -0.3 is 20.1 Å². The predicted octanol–water partition coefficient (Wildman–Crippen LogP) is 0.419. The minimum atomic E-state index is -3.49. The number of hydrogen-bond acceptors (Lipinski definition) is 5. The number of fused-ring (bicyclic) bond motifs is 1. The number of halogens is 1. The van der Waals surface area contributed by atoms with E-state index in [0.717, 1.165) is 23.5 Å². The summed E-state index contributed by atoms with van der Waals surface area (Å²) in [4.78, 5) is 4.18. The number of rotatable bonds is 7. The first kappa shape index (κ1) is 20.8. The third-order valence-electron chi connectivity index (χ3n) is 3.13. The van der Waals surface area contributed by atoms with E-state index in [2.05, 4.69) is 15.6 Å². The molecule has 1 aromatic rings. The van der Waals surface area contributed by atoms with Gasteiger partial charge in [-0.1, -0.05) is 6.07 Å².